The van der Waals surface area contributed by atoms with Crippen LogP contribution in [0.15, 0.2) is 42.9 Å². The second kappa shape index (κ2) is 8.25. The van der Waals surface area contributed by atoms with E-state index in [2.05, 4.69) is 15.2 Å². The number of halogens is 1. The molecule has 3 aromatic rings. The molecule has 1 aliphatic rings. The van der Waals surface area contributed by atoms with Gasteiger partial charge in [-0.1, -0.05) is 11.6 Å². The number of methoxy groups -OCH3 is 1. The summed E-state index contributed by atoms with van der Waals surface area (Å²) in [6.07, 6.45) is 8.33. The summed E-state index contributed by atoms with van der Waals surface area (Å²) in [6.45, 7) is 2.70. The number of nitrogens with one attached hydrogen (secondary N) is 1. The Morgan fingerprint density at radius 2 is 2.10 bits per heavy atom. The highest BCUT2D eigenvalue weighted by molar-refractivity contribution is 6.31. The van der Waals surface area contributed by atoms with E-state index in [1.165, 1.54) is 0 Å². The average molecular weight is 411 g/mol. The monoisotopic (exact) mass is 410 g/mol. The molecule has 0 bridgehead atoms. The van der Waals surface area contributed by atoms with Crippen molar-refractivity contribution in [3.8, 4) is 16.9 Å². The van der Waals surface area contributed by atoms with Crippen molar-refractivity contribution in [2.45, 2.75) is 32.2 Å². The standard InChI is InChI=1S/C22H23ClN4O2/c1-14-12-24-9-8-16(14)18-13-25-26-21(18)19-5-3-4-10-27(19)22(28)17-11-15(23)6-7-20(17)29-2/h6-9,11-13,19H,3-5,10H2,1-2H3,(H,25,26). The van der Waals surface area contributed by atoms with Crippen LogP contribution in [0.3, 0.4) is 0 Å². The Labute approximate surface area is 174 Å². The minimum Gasteiger partial charge on any atom is -0.496 e. The summed E-state index contributed by atoms with van der Waals surface area (Å²) >= 11 is 6.17. The number of piperidine rings is 1. The quantitative estimate of drug-likeness (QED) is 0.670. The minimum atomic E-state index is -0.0926. The number of rotatable bonds is 4. The highest BCUT2D eigenvalue weighted by Crippen LogP contribution is 2.38. The third kappa shape index (κ3) is 3.72. The lowest BCUT2D eigenvalue weighted by atomic mass is 9.93. The number of benzene rings is 1. The first-order valence-electron chi connectivity index (χ1n) is 9.69. The zero-order valence-corrected chi connectivity index (χ0v) is 17.2. The van der Waals surface area contributed by atoms with E-state index >= 15 is 0 Å². The number of ether oxygens (including phenoxy) is 1. The fourth-order valence-electron chi connectivity index (χ4n) is 4.02. The highest BCUT2D eigenvalue weighted by atomic mass is 35.5. The first-order chi connectivity index (χ1) is 14.1. The van der Waals surface area contributed by atoms with Gasteiger partial charge in [0.2, 0.25) is 0 Å². The number of H-pyrrole nitrogens is 1. The molecule has 1 atom stereocenters. The molecule has 7 heteroatoms. The summed E-state index contributed by atoms with van der Waals surface area (Å²) in [4.78, 5) is 19.6. The van der Waals surface area contributed by atoms with Gasteiger partial charge in [-0.2, -0.15) is 5.10 Å². The maximum atomic E-state index is 13.5. The second-order valence-corrected chi connectivity index (χ2v) is 7.68. The molecule has 1 aliphatic heterocycles. The molecule has 29 heavy (non-hydrogen) atoms. The van der Waals surface area contributed by atoms with Crippen molar-refractivity contribution in [3.05, 3.63) is 64.7 Å². The molecular formula is C22H23ClN4O2. The number of hydrogen-bond acceptors (Lipinski definition) is 4. The molecule has 1 amide bonds. The molecule has 1 aromatic carbocycles. The fourth-order valence-corrected chi connectivity index (χ4v) is 4.19. The number of carbonyl (C=O) groups is 1. The number of aromatic amines is 1. The van der Waals surface area contributed by atoms with Gasteiger partial charge in [-0.15, -0.1) is 0 Å². The molecule has 0 saturated carbocycles. The summed E-state index contributed by atoms with van der Waals surface area (Å²) < 4.78 is 5.41. The van der Waals surface area contributed by atoms with Gasteiger partial charge < -0.3 is 9.64 Å². The molecule has 1 fully saturated rings. The lowest BCUT2D eigenvalue weighted by Crippen LogP contribution is -2.39. The van der Waals surface area contributed by atoms with Crippen LogP contribution in [0.5, 0.6) is 5.75 Å². The van der Waals surface area contributed by atoms with E-state index in [0.29, 0.717) is 22.9 Å². The zero-order valence-electron chi connectivity index (χ0n) is 16.5. The number of hydrogen-bond donors (Lipinski definition) is 1. The van der Waals surface area contributed by atoms with Crippen molar-refractivity contribution >= 4 is 17.5 Å². The smallest absolute Gasteiger partial charge is 0.258 e. The average Bonchev–Trinajstić information content (AvgIpc) is 3.23. The van der Waals surface area contributed by atoms with E-state index < -0.39 is 0 Å². The topological polar surface area (TPSA) is 71.1 Å². The maximum absolute atomic E-state index is 13.5. The molecule has 150 valence electrons. The number of nitrogens with zero attached hydrogens (tertiary/aromatic N) is 3. The predicted octanol–water partition coefficient (Wildman–Crippen LogP) is 4.81. The van der Waals surface area contributed by atoms with Crippen molar-refractivity contribution in [2.24, 2.45) is 0 Å². The van der Waals surface area contributed by atoms with Crippen molar-refractivity contribution in [1.29, 1.82) is 0 Å². The van der Waals surface area contributed by atoms with E-state index in [9.17, 15) is 4.79 Å². The first kappa shape index (κ1) is 19.5. The summed E-state index contributed by atoms with van der Waals surface area (Å²) in [5.41, 5.74) is 4.58. The number of pyridine rings is 1. The Hall–Kier alpha value is -2.86. The van der Waals surface area contributed by atoms with Crippen LogP contribution >= 0.6 is 11.6 Å². The SMILES string of the molecule is COc1ccc(Cl)cc1C(=O)N1CCCCC1c1[nH]ncc1-c1ccncc1C. The second-order valence-electron chi connectivity index (χ2n) is 7.24. The summed E-state index contributed by atoms with van der Waals surface area (Å²) in [5.74, 6) is 0.444. The van der Waals surface area contributed by atoms with Crippen LogP contribution in [0, 0.1) is 6.92 Å². The molecule has 3 heterocycles. The Morgan fingerprint density at radius 3 is 2.90 bits per heavy atom. The number of aromatic nitrogens is 3. The maximum Gasteiger partial charge on any atom is 0.258 e. The predicted molar refractivity (Wildman–Crippen MR) is 112 cm³/mol. The summed E-state index contributed by atoms with van der Waals surface area (Å²) in [6, 6.07) is 7.03. The van der Waals surface area contributed by atoms with Crippen molar-refractivity contribution < 1.29 is 9.53 Å². The molecule has 4 rings (SSSR count). The number of amides is 1. The van der Waals surface area contributed by atoms with E-state index in [1.807, 2.05) is 30.3 Å². The van der Waals surface area contributed by atoms with Gasteiger partial charge in [0, 0.05) is 29.5 Å². The van der Waals surface area contributed by atoms with Crippen LogP contribution in [0.4, 0.5) is 0 Å². The van der Waals surface area contributed by atoms with Crippen LogP contribution in [0.1, 0.15) is 46.9 Å². The van der Waals surface area contributed by atoms with E-state index in [-0.39, 0.29) is 11.9 Å². The van der Waals surface area contributed by atoms with Crippen LogP contribution in [-0.4, -0.2) is 39.6 Å². The van der Waals surface area contributed by atoms with Crippen LogP contribution in [0.2, 0.25) is 5.02 Å². The van der Waals surface area contributed by atoms with Gasteiger partial charge >= 0.3 is 0 Å². The Kier molecular flexibility index (Phi) is 5.53. The Morgan fingerprint density at radius 1 is 1.24 bits per heavy atom. The molecule has 1 unspecified atom stereocenters. The van der Waals surface area contributed by atoms with Crippen LogP contribution in [0.25, 0.3) is 11.1 Å². The third-order valence-corrected chi connectivity index (χ3v) is 5.70. The Bertz CT molecular complexity index is 1030. The van der Waals surface area contributed by atoms with Crippen molar-refractivity contribution in [1.82, 2.24) is 20.1 Å². The van der Waals surface area contributed by atoms with Crippen molar-refractivity contribution in [2.75, 3.05) is 13.7 Å². The lowest BCUT2D eigenvalue weighted by Gasteiger charge is -2.36. The van der Waals surface area contributed by atoms with Crippen LogP contribution in [-0.2, 0) is 0 Å². The van der Waals surface area contributed by atoms with Gasteiger partial charge in [0.1, 0.15) is 5.75 Å². The van der Waals surface area contributed by atoms with E-state index in [0.717, 1.165) is 41.6 Å². The van der Waals surface area contributed by atoms with Crippen LogP contribution < -0.4 is 4.74 Å². The number of aryl methyl sites for hydroxylation is 1. The zero-order chi connectivity index (χ0) is 20.4. The molecule has 1 saturated heterocycles. The largest absolute Gasteiger partial charge is 0.496 e. The number of carbonyl (C=O) groups excluding carboxylic acids is 1. The fraction of sp³-hybridized carbons (Fsp3) is 0.318. The first-order valence-corrected chi connectivity index (χ1v) is 10.1. The van der Waals surface area contributed by atoms with E-state index in [1.54, 1.807) is 31.5 Å². The molecule has 0 aliphatic carbocycles. The van der Waals surface area contributed by atoms with E-state index in [4.69, 9.17) is 16.3 Å². The summed E-state index contributed by atoms with van der Waals surface area (Å²) in [7, 11) is 1.56. The molecule has 0 radical (unpaired) electrons. The Balaban J connectivity index is 1.74. The summed E-state index contributed by atoms with van der Waals surface area (Å²) in [5, 5.41) is 7.97. The molecule has 0 spiro atoms. The number of likely N-dealkylation sites (tertiary alicyclic amines) is 1. The van der Waals surface area contributed by atoms with Gasteiger partial charge in [0.05, 0.1) is 30.6 Å². The molecule has 6 nitrogen and oxygen atoms in total. The molecular weight excluding hydrogens is 388 g/mol. The van der Waals surface area contributed by atoms with Gasteiger partial charge in [-0.3, -0.25) is 14.9 Å². The van der Waals surface area contributed by atoms with Gasteiger partial charge in [0.15, 0.2) is 0 Å². The van der Waals surface area contributed by atoms with Gasteiger partial charge in [0.25, 0.3) is 5.91 Å². The van der Waals surface area contributed by atoms with Crippen molar-refractivity contribution in [3.63, 3.8) is 0 Å². The molecule has 2 aromatic heterocycles. The minimum absolute atomic E-state index is 0.0824. The lowest BCUT2D eigenvalue weighted by molar-refractivity contribution is 0.0603. The normalized spacial score (nSPS) is 16.7. The highest BCUT2D eigenvalue weighted by Gasteiger charge is 2.33. The third-order valence-electron chi connectivity index (χ3n) is 5.47. The van der Waals surface area contributed by atoms with Gasteiger partial charge in [-0.05, 0) is 61.6 Å². The van der Waals surface area contributed by atoms with Gasteiger partial charge in [-0.25, -0.2) is 0 Å². The molecule has 1 N–H and O–H groups in total.